The first-order valence-corrected chi connectivity index (χ1v) is 6.71. The molecule has 112 valence electrons. The van der Waals surface area contributed by atoms with Crippen molar-refractivity contribution in [2.24, 2.45) is 0 Å². The van der Waals surface area contributed by atoms with Crippen molar-refractivity contribution in [1.29, 1.82) is 0 Å². The summed E-state index contributed by atoms with van der Waals surface area (Å²) in [6.45, 7) is 1.82. The Morgan fingerprint density at radius 3 is 2.29 bits per heavy atom. The lowest BCUT2D eigenvalue weighted by molar-refractivity contribution is 0.213. The molecule has 0 amide bonds. The number of ether oxygens (including phenoxy) is 2. The lowest BCUT2D eigenvalue weighted by Crippen LogP contribution is -2.04. The largest absolute Gasteiger partial charge is 0.493 e. The Morgan fingerprint density at radius 1 is 1.10 bits per heavy atom. The molecule has 0 aliphatic rings. The number of halogens is 2. The minimum atomic E-state index is -1.11. The topological polar surface area (TPSA) is 38.7 Å². The Labute approximate surface area is 127 Å². The molecule has 21 heavy (non-hydrogen) atoms. The van der Waals surface area contributed by atoms with E-state index in [1.165, 1.54) is 26.4 Å². The summed E-state index contributed by atoms with van der Waals surface area (Å²) in [5.41, 5.74) is 1.49. The van der Waals surface area contributed by atoms with Gasteiger partial charge in [-0.25, -0.2) is 4.39 Å². The first kappa shape index (κ1) is 15.6. The first-order valence-electron chi connectivity index (χ1n) is 6.33. The third-order valence-corrected chi connectivity index (χ3v) is 3.72. The number of methoxy groups -OCH3 is 2. The van der Waals surface area contributed by atoms with Crippen LogP contribution in [0.5, 0.6) is 11.5 Å². The summed E-state index contributed by atoms with van der Waals surface area (Å²) in [5.74, 6) is 0.0737. The molecule has 5 heteroatoms. The van der Waals surface area contributed by atoms with Crippen LogP contribution in [0.1, 0.15) is 22.8 Å². The van der Waals surface area contributed by atoms with E-state index in [-0.39, 0.29) is 11.3 Å². The highest BCUT2D eigenvalue weighted by Gasteiger charge is 2.19. The zero-order chi connectivity index (χ0) is 15.6. The van der Waals surface area contributed by atoms with Crippen molar-refractivity contribution in [3.8, 4) is 11.5 Å². The molecule has 0 radical (unpaired) electrons. The molecule has 2 rings (SSSR count). The molecule has 0 aliphatic heterocycles. The number of hydrogen-bond donors (Lipinski definition) is 1. The van der Waals surface area contributed by atoms with Crippen LogP contribution in [-0.4, -0.2) is 19.3 Å². The zero-order valence-electron chi connectivity index (χ0n) is 12.0. The Balaban J connectivity index is 2.47. The Morgan fingerprint density at radius 2 is 1.71 bits per heavy atom. The van der Waals surface area contributed by atoms with Gasteiger partial charge >= 0.3 is 0 Å². The maximum absolute atomic E-state index is 14.1. The fraction of sp³-hybridized carbons (Fsp3) is 0.250. The van der Waals surface area contributed by atoms with Gasteiger partial charge in [0.25, 0.3) is 0 Å². The maximum atomic E-state index is 14.1. The maximum Gasteiger partial charge on any atom is 0.163 e. The molecule has 1 N–H and O–H groups in total. The molecule has 2 aromatic rings. The van der Waals surface area contributed by atoms with Gasteiger partial charge in [-0.2, -0.15) is 0 Å². The average molecular weight is 311 g/mol. The lowest BCUT2D eigenvalue weighted by Gasteiger charge is -2.16. The van der Waals surface area contributed by atoms with Crippen molar-refractivity contribution in [1.82, 2.24) is 0 Å². The highest BCUT2D eigenvalue weighted by Crippen LogP contribution is 2.35. The van der Waals surface area contributed by atoms with E-state index < -0.39 is 11.9 Å². The zero-order valence-corrected chi connectivity index (χ0v) is 12.7. The second kappa shape index (κ2) is 6.33. The van der Waals surface area contributed by atoms with E-state index in [1.54, 1.807) is 18.2 Å². The Hall–Kier alpha value is -1.78. The minimum Gasteiger partial charge on any atom is -0.493 e. The first-order chi connectivity index (χ1) is 9.97. The molecule has 0 saturated heterocycles. The molecule has 0 spiro atoms. The van der Waals surface area contributed by atoms with E-state index in [1.807, 2.05) is 6.92 Å². The normalized spacial score (nSPS) is 12.1. The Bertz CT molecular complexity index is 658. The Kier molecular flexibility index (Phi) is 4.70. The SMILES string of the molecule is COc1cc(F)c(C(O)c2ccc(Cl)c(C)c2)cc1OC. The summed E-state index contributed by atoms with van der Waals surface area (Å²) in [7, 11) is 2.88. The predicted molar refractivity (Wildman–Crippen MR) is 79.8 cm³/mol. The van der Waals surface area contributed by atoms with Gasteiger partial charge in [0.05, 0.1) is 14.2 Å². The van der Waals surface area contributed by atoms with Crippen LogP contribution >= 0.6 is 11.6 Å². The summed E-state index contributed by atoms with van der Waals surface area (Å²) in [6.07, 6.45) is -1.11. The van der Waals surface area contributed by atoms with Crippen molar-refractivity contribution in [3.05, 3.63) is 57.9 Å². The molecule has 1 unspecified atom stereocenters. The van der Waals surface area contributed by atoms with E-state index in [0.717, 1.165) is 5.56 Å². The smallest absolute Gasteiger partial charge is 0.163 e. The molecule has 0 heterocycles. The van der Waals surface area contributed by atoms with E-state index >= 15 is 0 Å². The third kappa shape index (κ3) is 3.12. The van der Waals surface area contributed by atoms with Crippen molar-refractivity contribution in [2.45, 2.75) is 13.0 Å². The van der Waals surface area contributed by atoms with Gasteiger partial charge in [-0.05, 0) is 30.2 Å². The van der Waals surface area contributed by atoms with E-state index in [2.05, 4.69) is 0 Å². The quantitative estimate of drug-likeness (QED) is 0.931. The highest BCUT2D eigenvalue weighted by molar-refractivity contribution is 6.31. The van der Waals surface area contributed by atoms with Gasteiger partial charge in [0, 0.05) is 16.7 Å². The van der Waals surface area contributed by atoms with E-state index in [0.29, 0.717) is 16.3 Å². The van der Waals surface area contributed by atoms with E-state index in [9.17, 15) is 9.50 Å². The van der Waals surface area contributed by atoms with Gasteiger partial charge in [0.15, 0.2) is 11.5 Å². The summed E-state index contributed by atoms with van der Waals surface area (Å²) >= 11 is 5.96. The average Bonchev–Trinajstić information content (AvgIpc) is 2.49. The minimum absolute atomic E-state index is 0.120. The second-order valence-electron chi connectivity index (χ2n) is 4.64. The lowest BCUT2D eigenvalue weighted by atomic mass is 9.99. The van der Waals surface area contributed by atoms with E-state index in [4.69, 9.17) is 21.1 Å². The fourth-order valence-electron chi connectivity index (χ4n) is 2.10. The molecular formula is C16H16ClFO3. The van der Waals surface area contributed by atoms with Gasteiger partial charge in [-0.3, -0.25) is 0 Å². The number of aryl methyl sites for hydroxylation is 1. The monoisotopic (exact) mass is 310 g/mol. The fourth-order valence-corrected chi connectivity index (χ4v) is 2.21. The number of aliphatic hydroxyl groups is 1. The second-order valence-corrected chi connectivity index (χ2v) is 5.05. The van der Waals surface area contributed by atoms with Crippen LogP contribution in [0, 0.1) is 12.7 Å². The van der Waals surface area contributed by atoms with Crippen LogP contribution in [0.2, 0.25) is 5.02 Å². The molecule has 2 aromatic carbocycles. The molecule has 1 atom stereocenters. The summed E-state index contributed by atoms with van der Waals surface area (Å²) in [5, 5.41) is 11.0. The number of benzene rings is 2. The van der Waals surface area contributed by atoms with Crippen molar-refractivity contribution < 1.29 is 19.0 Å². The van der Waals surface area contributed by atoms with Crippen LogP contribution in [-0.2, 0) is 0 Å². The predicted octanol–water partition coefficient (Wildman–Crippen LogP) is 3.89. The summed E-state index contributed by atoms with van der Waals surface area (Å²) in [6, 6.07) is 7.69. The van der Waals surface area contributed by atoms with Gasteiger partial charge < -0.3 is 14.6 Å². The number of hydrogen-bond acceptors (Lipinski definition) is 3. The molecule has 0 aromatic heterocycles. The van der Waals surface area contributed by atoms with Gasteiger partial charge in [-0.1, -0.05) is 23.7 Å². The summed E-state index contributed by atoms with van der Waals surface area (Å²) < 4.78 is 24.3. The van der Waals surface area contributed by atoms with Crippen molar-refractivity contribution >= 4 is 11.6 Å². The van der Waals surface area contributed by atoms with Crippen LogP contribution in [0.25, 0.3) is 0 Å². The number of aliphatic hydroxyl groups excluding tert-OH is 1. The molecule has 0 fully saturated rings. The molecule has 0 saturated carbocycles. The van der Waals surface area contributed by atoms with Gasteiger partial charge in [-0.15, -0.1) is 0 Å². The highest BCUT2D eigenvalue weighted by atomic mass is 35.5. The third-order valence-electron chi connectivity index (χ3n) is 3.30. The van der Waals surface area contributed by atoms with Crippen LogP contribution < -0.4 is 9.47 Å². The number of rotatable bonds is 4. The van der Waals surface area contributed by atoms with Gasteiger partial charge in [0.2, 0.25) is 0 Å². The van der Waals surface area contributed by atoms with Crippen LogP contribution in [0.4, 0.5) is 4.39 Å². The van der Waals surface area contributed by atoms with Crippen molar-refractivity contribution in [3.63, 3.8) is 0 Å². The van der Waals surface area contributed by atoms with Crippen LogP contribution in [0.15, 0.2) is 30.3 Å². The molecule has 3 nitrogen and oxygen atoms in total. The molecular weight excluding hydrogens is 295 g/mol. The molecule has 0 bridgehead atoms. The van der Waals surface area contributed by atoms with Crippen LogP contribution in [0.3, 0.4) is 0 Å². The molecule has 0 aliphatic carbocycles. The summed E-state index contributed by atoms with van der Waals surface area (Å²) in [4.78, 5) is 0. The standard InChI is InChI=1S/C16H16ClFO3/c1-9-6-10(4-5-12(9)17)16(19)11-7-14(20-2)15(21-3)8-13(11)18/h4-8,16,19H,1-3H3. The van der Waals surface area contributed by atoms with Gasteiger partial charge in [0.1, 0.15) is 11.9 Å². The van der Waals surface area contributed by atoms with Crippen molar-refractivity contribution in [2.75, 3.05) is 14.2 Å².